The molecule has 144 valence electrons. The third-order valence-corrected chi connectivity index (χ3v) is 6.31. The Morgan fingerprint density at radius 2 is 1.96 bits per heavy atom. The molecule has 1 atom stereocenters. The number of methoxy groups -OCH3 is 1. The molecule has 0 saturated carbocycles. The lowest BCUT2D eigenvalue weighted by Gasteiger charge is -2.34. The Labute approximate surface area is 175 Å². The summed E-state index contributed by atoms with van der Waals surface area (Å²) in [7, 11) is 1.53. The van der Waals surface area contributed by atoms with E-state index < -0.39 is 0 Å². The summed E-state index contributed by atoms with van der Waals surface area (Å²) in [5, 5.41) is 13.7. The van der Waals surface area contributed by atoms with Gasteiger partial charge in [-0.3, -0.25) is 4.79 Å². The van der Waals surface area contributed by atoms with Crippen molar-refractivity contribution in [2.75, 3.05) is 19.2 Å². The number of Topliss-reactive ketones (excluding diaryl/α,β-unsaturated/α-hetero) is 1. The van der Waals surface area contributed by atoms with Gasteiger partial charge in [-0.1, -0.05) is 0 Å². The quantitative estimate of drug-likeness (QED) is 0.611. The molecule has 0 radical (unpaired) electrons. The Hall–Kier alpha value is -2.42. The summed E-state index contributed by atoms with van der Waals surface area (Å²) < 4.78 is 17.2. The van der Waals surface area contributed by atoms with Crippen LogP contribution >= 0.6 is 22.6 Å². The average Bonchev–Trinajstić information content (AvgIpc) is 3.14. The number of halogens is 1. The van der Waals surface area contributed by atoms with Crippen molar-refractivity contribution in [2.24, 2.45) is 0 Å². The van der Waals surface area contributed by atoms with Gasteiger partial charge in [-0.2, -0.15) is 0 Å². The number of aromatic hydroxyl groups is 1. The Bertz CT molecular complexity index is 1050. The lowest BCUT2D eigenvalue weighted by atomic mass is 9.75. The van der Waals surface area contributed by atoms with Crippen LogP contribution in [0.5, 0.6) is 23.0 Å². The molecular weight excluding hydrogens is 473 g/mol. The highest BCUT2D eigenvalue weighted by atomic mass is 127. The minimum atomic E-state index is -0.253. The van der Waals surface area contributed by atoms with Gasteiger partial charge < -0.3 is 24.6 Å². The molecule has 2 aromatic rings. The summed E-state index contributed by atoms with van der Waals surface area (Å²) in [5.41, 5.74) is 4.55. The fraction of sp³-hybridized carbons (Fsp3) is 0.286. The Morgan fingerprint density at radius 3 is 2.75 bits per heavy atom. The first-order chi connectivity index (χ1) is 13.6. The lowest BCUT2D eigenvalue weighted by molar-refractivity contribution is -0.116. The largest absolute Gasteiger partial charge is 0.504 e. The van der Waals surface area contributed by atoms with Gasteiger partial charge in [0.25, 0.3) is 0 Å². The summed E-state index contributed by atoms with van der Waals surface area (Å²) in [6.07, 6.45) is 2.22. The zero-order valence-corrected chi connectivity index (χ0v) is 17.3. The van der Waals surface area contributed by atoms with Gasteiger partial charge >= 0.3 is 0 Å². The number of phenols is 1. The van der Waals surface area contributed by atoms with E-state index in [0.717, 1.165) is 40.9 Å². The molecular formula is C21H18INO5. The number of hydrogen-bond donors (Lipinski definition) is 2. The van der Waals surface area contributed by atoms with Crippen molar-refractivity contribution >= 4 is 34.1 Å². The van der Waals surface area contributed by atoms with E-state index in [1.165, 1.54) is 7.11 Å². The van der Waals surface area contributed by atoms with Crippen LogP contribution in [0.25, 0.3) is 0 Å². The number of benzene rings is 2. The highest BCUT2D eigenvalue weighted by molar-refractivity contribution is 14.1. The molecule has 0 aromatic heterocycles. The predicted octanol–water partition coefficient (Wildman–Crippen LogP) is 4.30. The minimum Gasteiger partial charge on any atom is -0.504 e. The minimum absolute atomic E-state index is 0.107. The lowest BCUT2D eigenvalue weighted by Crippen LogP contribution is -2.27. The molecule has 0 fully saturated rings. The SMILES string of the molecule is COc1cc([C@@H]2C3=C(CCCC3=O)Nc3cc4c(cc32)OCO4)cc(I)c1O. The van der Waals surface area contributed by atoms with Gasteiger partial charge in [0, 0.05) is 35.4 Å². The van der Waals surface area contributed by atoms with Crippen LogP contribution in [0.15, 0.2) is 35.5 Å². The second-order valence-electron chi connectivity index (χ2n) is 7.07. The van der Waals surface area contributed by atoms with Crippen molar-refractivity contribution in [3.05, 3.63) is 50.2 Å². The highest BCUT2D eigenvalue weighted by Crippen LogP contribution is 2.50. The van der Waals surface area contributed by atoms with Gasteiger partial charge in [0.15, 0.2) is 28.8 Å². The van der Waals surface area contributed by atoms with Gasteiger partial charge in [0.05, 0.1) is 10.7 Å². The number of phenolic OH excluding ortho intramolecular Hbond substituents is 1. The number of nitrogens with one attached hydrogen (secondary N) is 1. The van der Waals surface area contributed by atoms with E-state index in [4.69, 9.17) is 14.2 Å². The molecule has 0 unspecified atom stereocenters. The van der Waals surface area contributed by atoms with Crippen LogP contribution in [-0.4, -0.2) is 24.8 Å². The number of allylic oxidation sites excluding steroid dienone is 2. The zero-order valence-electron chi connectivity index (χ0n) is 15.2. The normalized spacial score (nSPS) is 19.8. The number of rotatable bonds is 2. The van der Waals surface area contributed by atoms with Crippen molar-refractivity contribution in [3.8, 4) is 23.0 Å². The van der Waals surface area contributed by atoms with Gasteiger partial charge in [0.1, 0.15) is 0 Å². The Morgan fingerprint density at radius 1 is 1.18 bits per heavy atom. The number of carbonyl (C=O) groups is 1. The molecule has 2 N–H and O–H groups in total. The van der Waals surface area contributed by atoms with Crippen LogP contribution in [-0.2, 0) is 4.79 Å². The first kappa shape index (κ1) is 17.7. The van der Waals surface area contributed by atoms with E-state index in [-0.39, 0.29) is 24.2 Å². The summed E-state index contributed by atoms with van der Waals surface area (Å²) in [4.78, 5) is 12.9. The number of fused-ring (bicyclic) bond motifs is 2. The monoisotopic (exact) mass is 491 g/mol. The van der Waals surface area contributed by atoms with Gasteiger partial charge in [0.2, 0.25) is 6.79 Å². The Kier molecular flexibility index (Phi) is 4.15. The summed E-state index contributed by atoms with van der Waals surface area (Å²) >= 11 is 2.09. The number of hydrogen-bond acceptors (Lipinski definition) is 6. The van der Waals surface area contributed by atoms with Gasteiger partial charge in [-0.15, -0.1) is 0 Å². The molecule has 6 nitrogen and oxygen atoms in total. The molecule has 1 aliphatic carbocycles. The van der Waals surface area contributed by atoms with E-state index in [1.807, 2.05) is 24.3 Å². The topological polar surface area (TPSA) is 77.0 Å². The van der Waals surface area contributed by atoms with E-state index in [2.05, 4.69) is 27.9 Å². The number of carbonyl (C=O) groups excluding carboxylic acids is 1. The van der Waals surface area contributed by atoms with E-state index in [9.17, 15) is 9.90 Å². The molecule has 5 rings (SSSR count). The molecule has 7 heteroatoms. The molecule has 28 heavy (non-hydrogen) atoms. The van der Waals surface area contributed by atoms with Crippen molar-refractivity contribution < 1.29 is 24.1 Å². The molecule has 2 aliphatic heterocycles. The molecule has 2 aromatic carbocycles. The van der Waals surface area contributed by atoms with Crippen LogP contribution in [0.4, 0.5) is 5.69 Å². The van der Waals surface area contributed by atoms with Gasteiger partial charge in [-0.05, 0) is 64.8 Å². The maximum Gasteiger partial charge on any atom is 0.231 e. The van der Waals surface area contributed by atoms with Crippen molar-refractivity contribution in [1.82, 2.24) is 0 Å². The van der Waals surface area contributed by atoms with Crippen LogP contribution in [0, 0.1) is 3.57 Å². The molecule has 0 spiro atoms. The van der Waals surface area contributed by atoms with Crippen LogP contribution in [0.2, 0.25) is 0 Å². The first-order valence-electron chi connectivity index (χ1n) is 9.10. The number of ketones is 1. The van der Waals surface area contributed by atoms with Gasteiger partial charge in [-0.25, -0.2) is 0 Å². The van der Waals surface area contributed by atoms with E-state index in [1.54, 1.807) is 0 Å². The molecule has 0 amide bonds. The second kappa shape index (κ2) is 6.58. The fourth-order valence-electron chi connectivity index (χ4n) is 4.21. The maximum atomic E-state index is 12.9. The summed E-state index contributed by atoms with van der Waals surface area (Å²) in [6, 6.07) is 7.62. The fourth-order valence-corrected chi connectivity index (χ4v) is 4.84. The van der Waals surface area contributed by atoms with Crippen molar-refractivity contribution in [2.45, 2.75) is 25.2 Å². The third-order valence-electron chi connectivity index (χ3n) is 5.49. The summed E-state index contributed by atoms with van der Waals surface area (Å²) in [6.45, 7) is 0.194. The molecule has 3 aliphatic rings. The predicted molar refractivity (Wildman–Crippen MR) is 111 cm³/mol. The number of ether oxygens (including phenoxy) is 3. The molecule has 2 heterocycles. The third kappa shape index (κ3) is 2.63. The smallest absolute Gasteiger partial charge is 0.231 e. The Balaban J connectivity index is 1.75. The molecule has 0 saturated heterocycles. The summed E-state index contributed by atoms with van der Waals surface area (Å²) in [5.74, 6) is 1.79. The second-order valence-corrected chi connectivity index (χ2v) is 8.24. The standard InChI is InChI=1S/C21H18INO5/c1-26-18-6-10(5-12(22)21(18)25)19-11-7-16-17(28-9-27-16)8-14(11)23-13-3-2-4-15(24)20(13)19/h5-8,19,23,25H,2-4,9H2,1H3/t19-/m0/s1. The van der Waals surface area contributed by atoms with Crippen molar-refractivity contribution in [3.63, 3.8) is 0 Å². The van der Waals surface area contributed by atoms with Crippen LogP contribution < -0.4 is 19.5 Å². The first-order valence-corrected chi connectivity index (χ1v) is 10.2. The van der Waals surface area contributed by atoms with Crippen molar-refractivity contribution in [1.29, 1.82) is 0 Å². The van der Waals surface area contributed by atoms with E-state index in [0.29, 0.717) is 27.2 Å². The molecule has 0 bridgehead atoms. The number of anilines is 1. The average molecular weight is 491 g/mol. The highest BCUT2D eigenvalue weighted by Gasteiger charge is 2.37. The van der Waals surface area contributed by atoms with Crippen LogP contribution in [0.1, 0.15) is 36.3 Å². The van der Waals surface area contributed by atoms with Crippen LogP contribution in [0.3, 0.4) is 0 Å². The van der Waals surface area contributed by atoms with E-state index >= 15 is 0 Å². The maximum absolute atomic E-state index is 12.9. The zero-order chi connectivity index (χ0) is 19.4.